The maximum atomic E-state index is 12.1. The molecule has 0 bridgehead atoms. The second kappa shape index (κ2) is 8.39. The topological polar surface area (TPSA) is 79.2 Å². The van der Waals surface area contributed by atoms with Crippen molar-refractivity contribution >= 4 is 11.9 Å². The number of hydrogen-bond acceptors (Lipinski definition) is 4. The summed E-state index contributed by atoms with van der Waals surface area (Å²) >= 11 is 0. The van der Waals surface area contributed by atoms with Crippen LogP contribution in [-0.4, -0.2) is 25.0 Å². The molecule has 0 spiro atoms. The largest absolute Gasteiger partial charge is 0.467 e. The van der Waals surface area contributed by atoms with Crippen LogP contribution in [0.15, 0.2) is 24.3 Å². The van der Waals surface area contributed by atoms with Gasteiger partial charge in [-0.25, -0.2) is 4.79 Å². The Balaban J connectivity index is 2.72. The van der Waals surface area contributed by atoms with E-state index in [1.807, 2.05) is 6.07 Å². The van der Waals surface area contributed by atoms with Crippen molar-refractivity contribution in [2.75, 3.05) is 7.11 Å². The third-order valence-electron chi connectivity index (χ3n) is 2.88. The molecule has 0 radical (unpaired) electrons. The number of nitrogens with one attached hydrogen (secondary N) is 1. The normalized spacial score (nSPS) is 10.8. The van der Waals surface area contributed by atoms with E-state index in [-0.39, 0.29) is 0 Å². The van der Waals surface area contributed by atoms with Crippen LogP contribution in [0.1, 0.15) is 35.2 Å². The molecule has 1 N–H and O–H groups in total. The molecule has 0 unspecified atom stereocenters. The summed E-state index contributed by atoms with van der Waals surface area (Å²) in [7, 11) is 1.27. The van der Waals surface area contributed by atoms with Crippen molar-refractivity contribution < 1.29 is 14.3 Å². The molecule has 1 rings (SSSR count). The maximum Gasteiger partial charge on any atom is 0.328 e. The van der Waals surface area contributed by atoms with Crippen LogP contribution in [-0.2, 0) is 9.53 Å². The molecule has 1 aromatic carbocycles. The Kier molecular flexibility index (Phi) is 6.50. The Morgan fingerprint density at radius 2 is 2.05 bits per heavy atom. The molecule has 0 aliphatic heterocycles. The summed E-state index contributed by atoms with van der Waals surface area (Å²) in [6.07, 6.45) is 6.72. The van der Waals surface area contributed by atoms with Crippen molar-refractivity contribution in [3.63, 3.8) is 0 Å². The fourth-order valence-electron chi connectivity index (χ4n) is 1.74. The highest BCUT2D eigenvalue weighted by Gasteiger charge is 2.21. The average Bonchev–Trinajstić information content (AvgIpc) is 2.53. The van der Waals surface area contributed by atoms with E-state index < -0.39 is 17.9 Å². The second-order valence-electron chi connectivity index (χ2n) is 4.33. The molecule has 0 aromatic heterocycles. The predicted molar refractivity (Wildman–Crippen MR) is 77.1 cm³/mol. The number of terminal acetylenes is 1. The molecule has 1 atom stereocenters. The minimum atomic E-state index is -0.730. The number of rotatable bonds is 6. The van der Waals surface area contributed by atoms with Gasteiger partial charge < -0.3 is 10.1 Å². The number of nitrogens with zero attached hydrogens (tertiary/aromatic N) is 1. The summed E-state index contributed by atoms with van der Waals surface area (Å²) in [6.45, 7) is 0. The van der Waals surface area contributed by atoms with E-state index >= 15 is 0 Å². The lowest BCUT2D eigenvalue weighted by Crippen LogP contribution is -2.41. The van der Waals surface area contributed by atoms with Crippen LogP contribution in [0.2, 0.25) is 0 Å². The number of amides is 1. The second-order valence-corrected chi connectivity index (χ2v) is 4.33. The van der Waals surface area contributed by atoms with Gasteiger partial charge >= 0.3 is 5.97 Å². The summed E-state index contributed by atoms with van der Waals surface area (Å²) in [5, 5.41) is 11.3. The van der Waals surface area contributed by atoms with Crippen LogP contribution in [0.4, 0.5) is 0 Å². The van der Waals surface area contributed by atoms with E-state index in [1.165, 1.54) is 19.2 Å². The number of carbonyl (C=O) groups excluding carboxylic acids is 2. The van der Waals surface area contributed by atoms with Gasteiger partial charge in [0.25, 0.3) is 5.91 Å². The van der Waals surface area contributed by atoms with E-state index in [9.17, 15) is 9.59 Å². The van der Waals surface area contributed by atoms with Gasteiger partial charge in [0.1, 0.15) is 6.04 Å². The zero-order valence-corrected chi connectivity index (χ0v) is 11.8. The summed E-state index contributed by atoms with van der Waals surface area (Å²) in [6, 6.07) is 7.39. The number of methoxy groups -OCH3 is 1. The molecule has 21 heavy (non-hydrogen) atoms. The number of esters is 1. The number of hydrogen-bond donors (Lipinski definition) is 1. The van der Waals surface area contributed by atoms with Crippen molar-refractivity contribution in [3.05, 3.63) is 35.4 Å². The molecule has 1 amide bonds. The molecule has 1 aromatic rings. The fourth-order valence-corrected chi connectivity index (χ4v) is 1.74. The lowest BCUT2D eigenvalue weighted by atomic mass is 10.1. The zero-order chi connectivity index (χ0) is 15.7. The van der Waals surface area contributed by atoms with Gasteiger partial charge in [0.05, 0.1) is 18.7 Å². The maximum absolute atomic E-state index is 12.1. The highest BCUT2D eigenvalue weighted by Crippen LogP contribution is 2.07. The number of carbonyl (C=O) groups is 2. The van der Waals surface area contributed by atoms with Gasteiger partial charge in [-0.15, -0.1) is 12.3 Å². The number of benzene rings is 1. The molecule has 5 heteroatoms. The smallest absolute Gasteiger partial charge is 0.328 e. The Morgan fingerprint density at radius 1 is 1.38 bits per heavy atom. The predicted octanol–water partition coefficient (Wildman–Crippen LogP) is 1.63. The van der Waals surface area contributed by atoms with Crippen molar-refractivity contribution in [2.24, 2.45) is 0 Å². The summed E-state index contributed by atoms with van der Waals surface area (Å²) < 4.78 is 4.67. The Morgan fingerprint density at radius 3 is 2.57 bits per heavy atom. The lowest BCUT2D eigenvalue weighted by Gasteiger charge is -2.16. The van der Waals surface area contributed by atoms with Gasteiger partial charge in [-0.2, -0.15) is 5.26 Å². The van der Waals surface area contributed by atoms with Crippen LogP contribution in [0, 0.1) is 23.7 Å². The van der Waals surface area contributed by atoms with Crippen LogP contribution in [0.3, 0.4) is 0 Å². The molecule has 0 aliphatic carbocycles. The summed E-state index contributed by atoms with van der Waals surface area (Å²) in [5.74, 6) is 1.58. The van der Waals surface area contributed by atoms with E-state index in [4.69, 9.17) is 11.7 Å². The average molecular weight is 284 g/mol. The van der Waals surface area contributed by atoms with Crippen molar-refractivity contribution in [1.82, 2.24) is 5.32 Å². The molecule has 0 heterocycles. The standard InChI is InChI=1S/C16H16N2O3/c1-3-4-5-6-14(16(20)21-2)18-15(19)13-9-7-12(11-17)8-10-13/h1,7-10,14H,4-6H2,2H3,(H,18,19)/t14-/m0/s1. The highest BCUT2D eigenvalue weighted by molar-refractivity contribution is 5.96. The van der Waals surface area contributed by atoms with Gasteiger partial charge in [-0.3, -0.25) is 4.79 Å². The molecule has 0 saturated carbocycles. The van der Waals surface area contributed by atoms with Crippen LogP contribution >= 0.6 is 0 Å². The Hall–Kier alpha value is -2.79. The Labute approximate surface area is 123 Å². The highest BCUT2D eigenvalue weighted by atomic mass is 16.5. The molecule has 0 aliphatic rings. The van der Waals surface area contributed by atoms with Crippen molar-refractivity contribution in [2.45, 2.75) is 25.3 Å². The minimum absolute atomic E-state index is 0.375. The molecule has 5 nitrogen and oxygen atoms in total. The Bertz CT molecular complexity index is 579. The van der Waals surface area contributed by atoms with Gasteiger partial charge in [-0.05, 0) is 37.1 Å². The number of ether oxygens (including phenoxy) is 1. The van der Waals surface area contributed by atoms with Gasteiger partial charge in [0.15, 0.2) is 0 Å². The third-order valence-corrected chi connectivity index (χ3v) is 2.88. The van der Waals surface area contributed by atoms with Crippen LogP contribution in [0.5, 0.6) is 0 Å². The molecule has 0 fully saturated rings. The first-order valence-corrected chi connectivity index (χ1v) is 6.44. The van der Waals surface area contributed by atoms with Gasteiger partial charge in [0.2, 0.25) is 0 Å². The first-order chi connectivity index (χ1) is 10.1. The van der Waals surface area contributed by atoms with E-state index in [0.29, 0.717) is 30.4 Å². The van der Waals surface area contributed by atoms with Crippen molar-refractivity contribution in [3.8, 4) is 18.4 Å². The van der Waals surface area contributed by atoms with E-state index in [1.54, 1.807) is 12.1 Å². The summed E-state index contributed by atoms with van der Waals surface area (Å²) in [5.41, 5.74) is 0.838. The molecular formula is C16H16N2O3. The molecule has 108 valence electrons. The third kappa shape index (κ3) is 5.00. The molecular weight excluding hydrogens is 268 g/mol. The van der Waals surface area contributed by atoms with E-state index in [2.05, 4.69) is 16.0 Å². The SMILES string of the molecule is C#CCCC[C@H](NC(=O)c1ccc(C#N)cc1)C(=O)OC. The fraction of sp³-hybridized carbons (Fsp3) is 0.312. The monoisotopic (exact) mass is 284 g/mol. The number of unbranched alkanes of at least 4 members (excludes halogenated alkanes) is 1. The van der Waals surface area contributed by atoms with Gasteiger partial charge in [-0.1, -0.05) is 0 Å². The van der Waals surface area contributed by atoms with E-state index in [0.717, 1.165) is 0 Å². The lowest BCUT2D eigenvalue weighted by molar-refractivity contribution is -0.143. The zero-order valence-electron chi connectivity index (χ0n) is 11.8. The minimum Gasteiger partial charge on any atom is -0.467 e. The van der Waals surface area contributed by atoms with Crippen LogP contribution in [0.25, 0.3) is 0 Å². The first kappa shape index (κ1) is 16.3. The first-order valence-electron chi connectivity index (χ1n) is 6.44. The summed E-state index contributed by atoms with van der Waals surface area (Å²) in [4.78, 5) is 23.7. The number of nitriles is 1. The quantitative estimate of drug-likeness (QED) is 0.489. The molecule has 0 saturated heterocycles. The van der Waals surface area contributed by atoms with Gasteiger partial charge in [0, 0.05) is 12.0 Å². The van der Waals surface area contributed by atoms with Crippen molar-refractivity contribution in [1.29, 1.82) is 5.26 Å². The van der Waals surface area contributed by atoms with Crippen LogP contribution < -0.4 is 5.32 Å².